The summed E-state index contributed by atoms with van der Waals surface area (Å²) in [6.07, 6.45) is 9.26. The highest BCUT2D eigenvalue weighted by atomic mass is 32.2. The van der Waals surface area contributed by atoms with Gasteiger partial charge in [-0.1, -0.05) is 59.7 Å². The van der Waals surface area contributed by atoms with Gasteiger partial charge in [-0.2, -0.15) is 0 Å². The lowest BCUT2D eigenvalue weighted by Gasteiger charge is -2.16. The van der Waals surface area contributed by atoms with Gasteiger partial charge >= 0.3 is 0 Å². The fraction of sp³-hybridized carbons (Fsp3) is 0.200. The molecule has 2 heteroatoms. The Labute approximate surface area is 141 Å². The molecule has 2 aromatic carbocycles. The lowest BCUT2D eigenvalue weighted by Crippen LogP contribution is -2.04. The first-order valence-corrected chi connectivity index (χ1v) is 9.28. The Morgan fingerprint density at radius 2 is 0.864 bits per heavy atom. The van der Waals surface area contributed by atoms with E-state index in [-0.39, 0.29) is 0 Å². The van der Waals surface area contributed by atoms with E-state index in [1.165, 1.54) is 20.9 Å². The zero-order valence-electron chi connectivity index (χ0n) is 12.9. The van der Waals surface area contributed by atoms with Crippen LogP contribution in [0.3, 0.4) is 0 Å². The van der Waals surface area contributed by atoms with Crippen molar-refractivity contribution in [1.29, 1.82) is 0 Å². The van der Waals surface area contributed by atoms with Crippen LogP contribution in [0.2, 0.25) is 0 Å². The quantitative estimate of drug-likeness (QED) is 0.628. The molecule has 0 saturated carbocycles. The summed E-state index contributed by atoms with van der Waals surface area (Å²) in [5, 5.41) is 0.884. The molecule has 3 rings (SSSR count). The van der Waals surface area contributed by atoms with Gasteiger partial charge in [0, 0.05) is 20.3 Å². The molecule has 0 aliphatic heterocycles. The topological polar surface area (TPSA) is 0 Å². The Bertz CT molecular complexity index is 592. The van der Waals surface area contributed by atoms with Gasteiger partial charge in [-0.15, -0.1) is 23.5 Å². The normalized spacial score (nSPS) is 20.3. The zero-order valence-corrected chi connectivity index (χ0v) is 14.5. The molecule has 0 spiro atoms. The van der Waals surface area contributed by atoms with E-state index in [1.54, 1.807) is 0 Å². The van der Waals surface area contributed by atoms with Crippen LogP contribution in [0.15, 0.2) is 82.6 Å². The van der Waals surface area contributed by atoms with Crippen LogP contribution in [-0.4, -0.2) is 10.5 Å². The van der Waals surface area contributed by atoms with Crippen LogP contribution in [-0.2, 0) is 0 Å². The van der Waals surface area contributed by atoms with Crippen molar-refractivity contribution in [1.82, 2.24) is 0 Å². The Balaban J connectivity index is 1.56. The fourth-order valence-corrected chi connectivity index (χ4v) is 4.16. The molecule has 22 heavy (non-hydrogen) atoms. The Kier molecular flexibility index (Phi) is 5.12. The highest BCUT2D eigenvalue weighted by Crippen LogP contribution is 2.32. The molecular weight excluding hydrogens is 304 g/mol. The van der Waals surface area contributed by atoms with Crippen molar-refractivity contribution in [3.05, 3.63) is 84.0 Å². The van der Waals surface area contributed by atoms with Crippen LogP contribution in [0.4, 0.5) is 0 Å². The first kappa shape index (κ1) is 15.5. The Morgan fingerprint density at radius 3 is 1.18 bits per heavy atom. The maximum atomic E-state index is 2.32. The standard InChI is InChI=1S/C20H20S2/c1-15-3-7-17(8-4-15)21-19-11-13-20(14-12-19)22-18-9-5-16(2)6-10-18/h3-14,19-20H,1-2H3. The second-order valence-electron chi connectivity index (χ2n) is 5.56. The minimum absolute atomic E-state index is 0.442. The highest BCUT2D eigenvalue weighted by Gasteiger charge is 2.11. The first-order chi connectivity index (χ1) is 10.7. The summed E-state index contributed by atoms with van der Waals surface area (Å²) in [6.45, 7) is 4.25. The van der Waals surface area contributed by atoms with Crippen molar-refractivity contribution in [2.75, 3.05) is 0 Å². The van der Waals surface area contributed by atoms with Gasteiger partial charge in [0.1, 0.15) is 0 Å². The maximum Gasteiger partial charge on any atom is 0.0456 e. The van der Waals surface area contributed by atoms with Crippen molar-refractivity contribution in [2.24, 2.45) is 0 Å². The number of thioether (sulfide) groups is 2. The third-order valence-electron chi connectivity index (χ3n) is 3.57. The lowest BCUT2D eigenvalue weighted by molar-refractivity contribution is 1.24. The molecule has 0 aromatic heterocycles. The Morgan fingerprint density at radius 1 is 0.545 bits per heavy atom. The monoisotopic (exact) mass is 324 g/mol. The molecule has 0 unspecified atom stereocenters. The van der Waals surface area contributed by atoms with E-state index < -0.39 is 0 Å². The third-order valence-corrected chi connectivity index (χ3v) is 5.83. The molecule has 0 atom stereocenters. The van der Waals surface area contributed by atoms with Gasteiger partial charge in [0.2, 0.25) is 0 Å². The molecule has 1 aliphatic rings. The van der Waals surface area contributed by atoms with Gasteiger partial charge in [0.15, 0.2) is 0 Å². The second kappa shape index (κ2) is 7.26. The summed E-state index contributed by atoms with van der Waals surface area (Å²) in [5.74, 6) is 0. The van der Waals surface area contributed by atoms with Crippen LogP contribution < -0.4 is 0 Å². The van der Waals surface area contributed by atoms with Crippen molar-refractivity contribution >= 4 is 23.5 Å². The van der Waals surface area contributed by atoms with Crippen LogP contribution >= 0.6 is 23.5 Å². The van der Waals surface area contributed by atoms with Crippen molar-refractivity contribution in [3.8, 4) is 0 Å². The molecule has 1 aliphatic carbocycles. The number of hydrogen-bond donors (Lipinski definition) is 0. The molecule has 0 radical (unpaired) electrons. The number of aryl methyl sites for hydroxylation is 2. The number of hydrogen-bond acceptors (Lipinski definition) is 2. The van der Waals surface area contributed by atoms with E-state index in [0.29, 0.717) is 10.5 Å². The van der Waals surface area contributed by atoms with E-state index >= 15 is 0 Å². The molecule has 0 saturated heterocycles. The van der Waals surface area contributed by atoms with Crippen molar-refractivity contribution < 1.29 is 0 Å². The third kappa shape index (κ3) is 4.31. The minimum Gasteiger partial charge on any atom is -0.114 e. The molecule has 0 fully saturated rings. The van der Waals surface area contributed by atoms with E-state index in [2.05, 4.69) is 86.7 Å². The summed E-state index contributed by atoms with van der Waals surface area (Å²) in [6, 6.07) is 17.5. The van der Waals surface area contributed by atoms with Gasteiger partial charge in [0.05, 0.1) is 0 Å². The van der Waals surface area contributed by atoms with E-state index in [0.717, 1.165) is 0 Å². The predicted octanol–water partition coefficient (Wildman–Crippen LogP) is 6.05. The summed E-state index contributed by atoms with van der Waals surface area (Å²) >= 11 is 3.80. The van der Waals surface area contributed by atoms with Gasteiger partial charge in [0.25, 0.3) is 0 Å². The summed E-state index contributed by atoms with van der Waals surface area (Å²) in [5.41, 5.74) is 2.63. The van der Waals surface area contributed by atoms with Gasteiger partial charge in [-0.3, -0.25) is 0 Å². The summed E-state index contributed by atoms with van der Waals surface area (Å²) in [4.78, 5) is 2.66. The molecule has 0 amide bonds. The first-order valence-electron chi connectivity index (χ1n) is 7.52. The lowest BCUT2D eigenvalue weighted by atomic mass is 10.2. The average molecular weight is 325 g/mol. The second-order valence-corrected chi connectivity index (χ2v) is 8.06. The predicted molar refractivity (Wildman–Crippen MR) is 99.9 cm³/mol. The van der Waals surface area contributed by atoms with Gasteiger partial charge in [-0.05, 0) is 38.1 Å². The van der Waals surface area contributed by atoms with E-state index in [4.69, 9.17) is 0 Å². The van der Waals surface area contributed by atoms with Crippen LogP contribution in [0, 0.1) is 13.8 Å². The minimum atomic E-state index is 0.442. The smallest absolute Gasteiger partial charge is 0.0456 e. The molecule has 2 aromatic rings. The number of rotatable bonds is 4. The van der Waals surface area contributed by atoms with Crippen LogP contribution in [0.25, 0.3) is 0 Å². The highest BCUT2D eigenvalue weighted by molar-refractivity contribution is 8.00. The molecule has 112 valence electrons. The van der Waals surface area contributed by atoms with E-state index in [1.807, 2.05) is 23.5 Å². The largest absolute Gasteiger partial charge is 0.114 e. The van der Waals surface area contributed by atoms with E-state index in [9.17, 15) is 0 Å². The molecule has 0 N–H and O–H groups in total. The van der Waals surface area contributed by atoms with Gasteiger partial charge < -0.3 is 0 Å². The summed E-state index contributed by atoms with van der Waals surface area (Å²) in [7, 11) is 0. The molecule has 0 nitrogen and oxygen atoms in total. The van der Waals surface area contributed by atoms with Crippen molar-refractivity contribution in [3.63, 3.8) is 0 Å². The molecular formula is C20H20S2. The molecule has 0 bridgehead atoms. The van der Waals surface area contributed by atoms with Crippen LogP contribution in [0.1, 0.15) is 11.1 Å². The SMILES string of the molecule is Cc1ccc(SC2C=CC(Sc3ccc(C)cc3)C=C2)cc1. The molecule has 0 heterocycles. The fourth-order valence-electron chi connectivity index (χ4n) is 2.27. The Hall–Kier alpha value is -1.38. The summed E-state index contributed by atoms with van der Waals surface area (Å²) < 4.78 is 0. The van der Waals surface area contributed by atoms with Crippen molar-refractivity contribution in [2.45, 2.75) is 34.1 Å². The zero-order chi connectivity index (χ0) is 15.4. The average Bonchev–Trinajstić information content (AvgIpc) is 2.54. The van der Waals surface area contributed by atoms with Gasteiger partial charge in [-0.25, -0.2) is 0 Å². The number of benzene rings is 2. The van der Waals surface area contributed by atoms with Crippen LogP contribution in [0.5, 0.6) is 0 Å². The maximum absolute atomic E-state index is 2.32.